The van der Waals surface area contributed by atoms with Crippen LogP contribution in [-0.2, 0) is 17.8 Å². The number of nitrogens with one attached hydrogen (secondary N) is 1. The van der Waals surface area contributed by atoms with Gasteiger partial charge in [0.05, 0.1) is 12.0 Å². The molecule has 2 aliphatic rings. The van der Waals surface area contributed by atoms with Gasteiger partial charge in [-0.1, -0.05) is 19.3 Å². The maximum atomic E-state index is 12.5. The van der Waals surface area contributed by atoms with E-state index in [1.54, 1.807) is 0 Å². The second-order valence-corrected chi connectivity index (χ2v) is 6.37. The van der Waals surface area contributed by atoms with Gasteiger partial charge in [0.15, 0.2) is 5.82 Å². The molecule has 1 aliphatic carbocycles. The van der Waals surface area contributed by atoms with Crippen molar-refractivity contribution in [2.75, 3.05) is 0 Å². The van der Waals surface area contributed by atoms with Crippen LogP contribution in [0, 0.1) is 5.92 Å². The van der Waals surface area contributed by atoms with Crippen molar-refractivity contribution >= 4 is 5.91 Å². The van der Waals surface area contributed by atoms with Crippen LogP contribution in [0.3, 0.4) is 0 Å². The van der Waals surface area contributed by atoms with Crippen molar-refractivity contribution in [2.24, 2.45) is 11.7 Å². The summed E-state index contributed by atoms with van der Waals surface area (Å²) >= 11 is 0. The third-order valence-corrected chi connectivity index (χ3v) is 4.79. The molecule has 6 heteroatoms. The fourth-order valence-electron chi connectivity index (χ4n) is 3.54. The fourth-order valence-corrected chi connectivity index (χ4v) is 3.54. The second-order valence-electron chi connectivity index (χ2n) is 6.37. The van der Waals surface area contributed by atoms with Gasteiger partial charge in [0.1, 0.15) is 5.82 Å². The van der Waals surface area contributed by atoms with Gasteiger partial charge in [0, 0.05) is 19.0 Å². The van der Waals surface area contributed by atoms with E-state index < -0.39 is 0 Å². The van der Waals surface area contributed by atoms with Crippen LogP contribution < -0.4 is 11.1 Å². The quantitative estimate of drug-likeness (QED) is 0.822. The van der Waals surface area contributed by atoms with E-state index in [0.29, 0.717) is 0 Å². The summed E-state index contributed by atoms with van der Waals surface area (Å²) in [5, 5.41) is 11.5. The van der Waals surface area contributed by atoms with Crippen molar-refractivity contribution < 1.29 is 4.79 Å². The number of aromatic nitrogens is 3. The van der Waals surface area contributed by atoms with Gasteiger partial charge in [-0.2, -0.15) is 0 Å². The number of carbonyl (C=O) groups is 1. The van der Waals surface area contributed by atoms with Crippen molar-refractivity contribution in [3.05, 3.63) is 11.6 Å². The number of hydrogen-bond acceptors (Lipinski definition) is 4. The molecule has 2 heterocycles. The molecule has 0 radical (unpaired) electrons. The first-order valence-corrected chi connectivity index (χ1v) is 8.14. The summed E-state index contributed by atoms with van der Waals surface area (Å²) < 4.78 is 2.14. The van der Waals surface area contributed by atoms with Crippen LogP contribution in [0.4, 0.5) is 0 Å². The number of nitrogens with zero attached hydrogens (tertiary/aromatic N) is 3. The molecule has 1 fully saturated rings. The van der Waals surface area contributed by atoms with Gasteiger partial charge in [0.2, 0.25) is 5.91 Å². The highest BCUT2D eigenvalue weighted by Gasteiger charge is 2.29. The number of nitrogens with two attached hydrogens (primary N) is 1. The highest BCUT2D eigenvalue weighted by molar-refractivity contribution is 5.79. The average molecular weight is 291 g/mol. The topological polar surface area (TPSA) is 85.8 Å². The van der Waals surface area contributed by atoms with E-state index in [2.05, 4.69) is 20.1 Å². The van der Waals surface area contributed by atoms with Crippen LogP contribution in [0.5, 0.6) is 0 Å². The lowest BCUT2D eigenvalue weighted by Gasteiger charge is -2.23. The van der Waals surface area contributed by atoms with E-state index in [9.17, 15) is 4.79 Å². The number of aryl methyl sites for hydroxylation is 1. The highest BCUT2D eigenvalue weighted by Crippen LogP contribution is 2.24. The summed E-state index contributed by atoms with van der Waals surface area (Å²) in [5.74, 6) is 1.93. The smallest absolute Gasteiger partial charge is 0.225 e. The fraction of sp³-hybridized carbons (Fsp3) is 0.800. The molecule has 21 heavy (non-hydrogen) atoms. The molecule has 1 saturated carbocycles. The Balaban J connectivity index is 1.66. The predicted octanol–water partition coefficient (Wildman–Crippen LogP) is 1.31. The van der Waals surface area contributed by atoms with Gasteiger partial charge in [-0.05, 0) is 26.2 Å². The van der Waals surface area contributed by atoms with Crippen molar-refractivity contribution in [1.82, 2.24) is 20.1 Å². The molecule has 3 atom stereocenters. The first-order valence-electron chi connectivity index (χ1n) is 8.14. The third kappa shape index (κ3) is 2.95. The Kier molecular flexibility index (Phi) is 4.24. The van der Waals surface area contributed by atoms with E-state index >= 15 is 0 Å². The Morgan fingerprint density at radius 3 is 2.95 bits per heavy atom. The second kappa shape index (κ2) is 6.13. The first kappa shape index (κ1) is 14.5. The summed E-state index contributed by atoms with van der Waals surface area (Å²) in [6, 6.07) is -0.115. The molecule has 0 bridgehead atoms. The van der Waals surface area contributed by atoms with Crippen molar-refractivity contribution in [2.45, 2.75) is 70.5 Å². The minimum atomic E-state index is -0.104. The minimum Gasteiger partial charge on any atom is -0.346 e. The molecule has 1 aliphatic heterocycles. The van der Waals surface area contributed by atoms with Gasteiger partial charge >= 0.3 is 0 Å². The molecule has 0 saturated heterocycles. The van der Waals surface area contributed by atoms with Crippen molar-refractivity contribution in [1.29, 1.82) is 0 Å². The largest absolute Gasteiger partial charge is 0.346 e. The van der Waals surface area contributed by atoms with E-state index in [1.165, 1.54) is 6.42 Å². The zero-order valence-corrected chi connectivity index (χ0v) is 12.7. The number of fused-ring (bicyclic) bond motifs is 1. The highest BCUT2D eigenvalue weighted by atomic mass is 16.2. The molecule has 1 aromatic rings. The number of rotatable bonds is 3. The molecule has 0 aromatic carbocycles. The van der Waals surface area contributed by atoms with Gasteiger partial charge in [0.25, 0.3) is 0 Å². The van der Waals surface area contributed by atoms with Crippen LogP contribution in [0.25, 0.3) is 0 Å². The molecular formula is C15H25N5O. The van der Waals surface area contributed by atoms with Crippen LogP contribution in [0.2, 0.25) is 0 Å². The van der Waals surface area contributed by atoms with Gasteiger partial charge < -0.3 is 15.6 Å². The standard InChI is InChI=1S/C15H25N5O/c1-10(14-19-18-13-8-5-9-20(13)14)17-15(21)11-6-3-2-4-7-12(11)16/h10-12H,2-9,16H2,1H3,(H,17,21). The lowest BCUT2D eigenvalue weighted by Crippen LogP contribution is -2.42. The summed E-state index contributed by atoms with van der Waals surface area (Å²) in [6.07, 6.45) is 7.38. The Labute approximate surface area is 125 Å². The molecular weight excluding hydrogens is 266 g/mol. The normalized spacial score (nSPS) is 27.0. The summed E-state index contributed by atoms with van der Waals surface area (Å²) in [5.41, 5.74) is 6.17. The van der Waals surface area contributed by atoms with Crippen LogP contribution in [0.15, 0.2) is 0 Å². The van der Waals surface area contributed by atoms with Crippen molar-refractivity contribution in [3.63, 3.8) is 0 Å². The van der Waals surface area contributed by atoms with Gasteiger partial charge in [-0.15, -0.1) is 10.2 Å². The maximum absolute atomic E-state index is 12.5. The Hall–Kier alpha value is -1.43. The lowest BCUT2D eigenvalue weighted by atomic mass is 9.94. The molecule has 6 nitrogen and oxygen atoms in total. The number of hydrogen-bond donors (Lipinski definition) is 2. The molecule has 1 aromatic heterocycles. The summed E-state index contributed by atoms with van der Waals surface area (Å²) in [4.78, 5) is 12.5. The van der Waals surface area contributed by atoms with Crippen LogP contribution >= 0.6 is 0 Å². The predicted molar refractivity (Wildman–Crippen MR) is 79.5 cm³/mol. The Morgan fingerprint density at radius 1 is 1.29 bits per heavy atom. The summed E-state index contributed by atoms with van der Waals surface area (Å²) in [7, 11) is 0. The molecule has 3 unspecified atom stereocenters. The molecule has 3 N–H and O–H groups in total. The first-order chi connectivity index (χ1) is 10.2. The van der Waals surface area contributed by atoms with Gasteiger partial charge in [-0.3, -0.25) is 4.79 Å². The van der Waals surface area contributed by atoms with E-state index in [1.807, 2.05) is 6.92 Å². The van der Waals surface area contributed by atoms with Crippen molar-refractivity contribution in [3.8, 4) is 0 Å². The number of amides is 1. The lowest BCUT2D eigenvalue weighted by molar-refractivity contribution is -0.126. The SMILES string of the molecule is CC(NC(=O)C1CCCCCC1N)c1nnc2n1CCC2. The zero-order valence-electron chi connectivity index (χ0n) is 12.7. The maximum Gasteiger partial charge on any atom is 0.225 e. The number of carbonyl (C=O) groups excluding carboxylic acids is 1. The summed E-state index contributed by atoms with van der Waals surface area (Å²) in [6.45, 7) is 2.94. The minimum absolute atomic E-state index is 0.0104. The average Bonchev–Trinajstić information content (AvgIpc) is 2.98. The zero-order chi connectivity index (χ0) is 14.8. The van der Waals surface area contributed by atoms with Gasteiger partial charge in [-0.25, -0.2) is 0 Å². The molecule has 3 rings (SSSR count). The van der Waals surface area contributed by atoms with E-state index in [-0.39, 0.29) is 23.9 Å². The Bertz CT molecular complexity index is 512. The Morgan fingerprint density at radius 2 is 2.10 bits per heavy atom. The van der Waals surface area contributed by atoms with Crippen LogP contribution in [0.1, 0.15) is 63.1 Å². The van der Waals surface area contributed by atoms with E-state index in [0.717, 1.165) is 56.7 Å². The van der Waals surface area contributed by atoms with E-state index in [4.69, 9.17) is 5.73 Å². The molecule has 116 valence electrons. The monoisotopic (exact) mass is 291 g/mol. The molecule has 1 amide bonds. The van der Waals surface area contributed by atoms with Crippen LogP contribution in [-0.4, -0.2) is 26.7 Å². The third-order valence-electron chi connectivity index (χ3n) is 4.79. The molecule has 0 spiro atoms.